The fraction of sp³-hybridized carbons (Fsp3) is 0.400. The molecule has 1 aromatic carbocycles. The third-order valence-electron chi connectivity index (χ3n) is 4.73. The van der Waals surface area contributed by atoms with E-state index in [4.69, 9.17) is 0 Å². The van der Waals surface area contributed by atoms with E-state index in [2.05, 4.69) is 28.5 Å². The second-order valence-corrected chi connectivity index (χ2v) is 6.39. The van der Waals surface area contributed by atoms with Gasteiger partial charge in [0.05, 0.1) is 6.04 Å². The fourth-order valence-electron chi connectivity index (χ4n) is 3.47. The predicted octanol–water partition coefficient (Wildman–Crippen LogP) is 3.05. The first kappa shape index (κ1) is 17.4. The summed E-state index contributed by atoms with van der Waals surface area (Å²) < 4.78 is 0. The highest BCUT2D eigenvalue weighted by Crippen LogP contribution is 2.34. The van der Waals surface area contributed by atoms with E-state index < -0.39 is 0 Å². The SMILES string of the molecule is O=C(NCc1ccncc1)N(CCCO)[C@H]1CCCc2ccccc21. The van der Waals surface area contributed by atoms with Crippen molar-refractivity contribution in [3.8, 4) is 0 Å². The number of aryl methyl sites for hydroxylation is 1. The van der Waals surface area contributed by atoms with E-state index >= 15 is 0 Å². The summed E-state index contributed by atoms with van der Waals surface area (Å²) in [5.74, 6) is 0. The maximum Gasteiger partial charge on any atom is 0.318 e. The third kappa shape index (κ3) is 4.37. The second-order valence-electron chi connectivity index (χ2n) is 6.39. The van der Waals surface area contributed by atoms with Crippen LogP contribution in [0, 0.1) is 0 Å². The van der Waals surface area contributed by atoms with Crippen molar-refractivity contribution in [2.24, 2.45) is 0 Å². The van der Waals surface area contributed by atoms with Gasteiger partial charge in [-0.25, -0.2) is 4.79 Å². The molecule has 2 N–H and O–H groups in total. The topological polar surface area (TPSA) is 65.5 Å². The molecule has 3 rings (SSSR count). The zero-order chi connectivity index (χ0) is 17.5. The van der Waals surface area contributed by atoms with Crippen molar-refractivity contribution in [2.75, 3.05) is 13.2 Å². The number of pyridine rings is 1. The molecular formula is C20H25N3O2. The number of amides is 2. The van der Waals surface area contributed by atoms with Crippen molar-refractivity contribution in [1.82, 2.24) is 15.2 Å². The Morgan fingerprint density at radius 2 is 2.04 bits per heavy atom. The highest BCUT2D eigenvalue weighted by atomic mass is 16.3. The van der Waals surface area contributed by atoms with Crippen LogP contribution in [0.2, 0.25) is 0 Å². The van der Waals surface area contributed by atoms with Gasteiger partial charge in [-0.15, -0.1) is 0 Å². The van der Waals surface area contributed by atoms with Gasteiger partial charge in [0.1, 0.15) is 0 Å². The van der Waals surface area contributed by atoms with Gasteiger partial charge in [-0.2, -0.15) is 0 Å². The molecule has 1 heterocycles. The lowest BCUT2D eigenvalue weighted by atomic mass is 9.87. The number of hydrogen-bond donors (Lipinski definition) is 2. The minimum absolute atomic E-state index is 0.0769. The van der Waals surface area contributed by atoms with Gasteiger partial charge >= 0.3 is 6.03 Å². The number of rotatable bonds is 6. The lowest BCUT2D eigenvalue weighted by Crippen LogP contribution is -2.43. The van der Waals surface area contributed by atoms with Crippen molar-refractivity contribution in [3.05, 3.63) is 65.5 Å². The molecule has 0 bridgehead atoms. The zero-order valence-electron chi connectivity index (χ0n) is 14.4. The van der Waals surface area contributed by atoms with Gasteiger partial charge in [-0.05, 0) is 54.5 Å². The number of aliphatic hydroxyl groups excluding tert-OH is 1. The van der Waals surface area contributed by atoms with Crippen molar-refractivity contribution in [2.45, 2.75) is 38.3 Å². The lowest BCUT2D eigenvalue weighted by molar-refractivity contribution is 0.157. The van der Waals surface area contributed by atoms with Gasteiger partial charge in [0.15, 0.2) is 0 Å². The van der Waals surface area contributed by atoms with Crippen molar-refractivity contribution in [1.29, 1.82) is 0 Å². The Kier molecular flexibility index (Phi) is 6.01. The number of aromatic nitrogens is 1. The van der Waals surface area contributed by atoms with Crippen LogP contribution in [0.15, 0.2) is 48.8 Å². The summed E-state index contributed by atoms with van der Waals surface area (Å²) in [5.41, 5.74) is 3.59. The van der Waals surface area contributed by atoms with Crippen LogP contribution < -0.4 is 5.32 Å². The van der Waals surface area contributed by atoms with Gasteiger partial charge in [0.2, 0.25) is 0 Å². The predicted molar refractivity (Wildman–Crippen MR) is 97.0 cm³/mol. The Balaban J connectivity index is 1.74. The Hall–Kier alpha value is -2.40. The summed E-state index contributed by atoms with van der Waals surface area (Å²) >= 11 is 0. The molecule has 0 saturated carbocycles. The van der Waals surface area contributed by atoms with Gasteiger partial charge in [-0.1, -0.05) is 24.3 Å². The average Bonchev–Trinajstić information content (AvgIpc) is 2.67. The summed E-state index contributed by atoms with van der Waals surface area (Å²) in [4.78, 5) is 18.7. The smallest absolute Gasteiger partial charge is 0.318 e. The molecule has 0 saturated heterocycles. The molecule has 0 aliphatic heterocycles. The highest BCUT2D eigenvalue weighted by molar-refractivity contribution is 5.75. The maximum absolute atomic E-state index is 12.8. The second kappa shape index (κ2) is 8.62. The molecule has 5 nitrogen and oxygen atoms in total. The molecule has 1 aliphatic carbocycles. The van der Waals surface area contributed by atoms with Crippen molar-refractivity contribution in [3.63, 3.8) is 0 Å². The van der Waals surface area contributed by atoms with Crippen LogP contribution in [0.1, 0.15) is 42.0 Å². The maximum atomic E-state index is 12.8. The quantitative estimate of drug-likeness (QED) is 0.850. The average molecular weight is 339 g/mol. The standard InChI is InChI=1S/C20H25N3O2/c24-14-4-13-23(20(25)22-15-16-9-11-21-12-10-16)19-8-3-6-17-5-1-2-7-18(17)19/h1-2,5,7,9-12,19,24H,3-4,6,8,13-15H2,(H,22,25)/t19-/m0/s1. The minimum atomic E-state index is -0.0769. The van der Waals surface area contributed by atoms with Crippen LogP contribution in [0.3, 0.4) is 0 Å². The van der Waals surface area contributed by atoms with Gasteiger partial charge in [-0.3, -0.25) is 4.98 Å². The summed E-state index contributed by atoms with van der Waals surface area (Å²) in [6, 6.07) is 12.2. The summed E-state index contributed by atoms with van der Waals surface area (Å²) in [5, 5.41) is 12.2. The molecule has 1 aliphatic rings. The number of nitrogens with one attached hydrogen (secondary N) is 1. The van der Waals surface area contributed by atoms with Gasteiger partial charge < -0.3 is 15.3 Å². The molecule has 0 fully saturated rings. The van der Waals surface area contributed by atoms with E-state index in [1.807, 2.05) is 23.1 Å². The number of urea groups is 1. The molecule has 1 atom stereocenters. The number of hydrogen-bond acceptors (Lipinski definition) is 3. The number of carbonyl (C=O) groups excluding carboxylic acids is 1. The van der Waals surface area contributed by atoms with E-state index in [0.717, 1.165) is 24.8 Å². The summed E-state index contributed by atoms with van der Waals surface area (Å²) in [6.45, 7) is 1.12. The molecule has 0 unspecified atom stereocenters. The van der Waals surface area contributed by atoms with Crippen LogP contribution in [-0.2, 0) is 13.0 Å². The van der Waals surface area contributed by atoms with Crippen LogP contribution in [0.5, 0.6) is 0 Å². The minimum Gasteiger partial charge on any atom is -0.396 e. The van der Waals surface area contributed by atoms with Gasteiger partial charge in [0, 0.05) is 32.1 Å². The molecule has 0 radical (unpaired) electrons. The molecular weight excluding hydrogens is 314 g/mol. The molecule has 25 heavy (non-hydrogen) atoms. The third-order valence-corrected chi connectivity index (χ3v) is 4.73. The number of carbonyl (C=O) groups is 1. The first-order valence-electron chi connectivity index (χ1n) is 8.91. The van der Waals surface area contributed by atoms with Crippen molar-refractivity contribution < 1.29 is 9.90 Å². The first-order valence-corrected chi connectivity index (χ1v) is 8.91. The van der Waals surface area contributed by atoms with Gasteiger partial charge in [0.25, 0.3) is 0 Å². The van der Waals surface area contributed by atoms with E-state index in [1.54, 1.807) is 12.4 Å². The van der Waals surface area contributed by atoms with Crippen LogP contribution in [-0.4, -0.2) is 34.2 Å². The normalized spacial score (nSPS) is 16.1. The van der Waals surface area contributed by atoms with Crippen LogP contribution in [0.25, 0.3) is 0 Å². The lowest BCUT2D eigenvalue weighted by Gasteiger charge is -2.36. The highest BCUT2D eigenvalue weighted by Gasteiger charge is 2.28. The Labute approximate surface area is 148 Å². The molecule has 132 valence electrons. The summed E-state index contributed by atoms with van der Waals surface area (Å²) in [6.07, 6.45) is 7.14. The number of nitrogens with zero attached hydrogens (tertiary/aromatic N) is 2. The Bertz CT molecular complexity index is 690. The fourth-order valence-corrected chi connectivity index (χ4v) is 3.47. The van der Waals surface area contributed by atoms with E-state index in [1.165, 1.54) is 11.1 Å². The van der Waals surface area contributed by atoms with E-state index in [-0.39, 0.29) is 18.7 Å². The van der Waals surface area contributed by atoms with Crippen LogP contribution >= 0.6 is 0 Å². The number of fused-ring (bicyclic) bond motifs is 1. The Morgan fingerprint density at radius 3 is 2.84 bits per heavy atom. The zero-order valence-corrected chi connectivity index (χ0v) is 14.4. The molecule has 1 aromatic heterocycles. The molecule has 0 spiro atoms. The largest absolute Gasteiger partial charge is 0.396 e. The summed E-state index contributed by atoms with van der Waals surface area (Å²) in [7, 11) is 0. The van der Waals surface area contributed by atoms with Crippen molar-refractivity contribution >= 4 is 6.03 Å². The molecule has 2 amide bonds. The first-order chi connectivity index (χ1) is 12.3. The molecule has 2 aromatic rings. The molecule has 5 heteroatoms. The van der Waals surface area contributed by atoms with E-state index in [0.29, 0.717) is 19.5 Å². The monoisotopic (exact) mass is 339 g/mol. The number of benzene rings is 1. The number of aliphatic hydroxyl groups is 1. The van der Waals surface area contributed by atoms with E-state index in [9.17, 15) is 9.90 Å². The Morgan fingerprint density at radius 1 is 1.24 bits per heavy atom. The van der Waals surface area contributed by atoms with Crippen LogP contribution in [0.4, 0.5) is 4.79 Å².